The summed E-state index contributed by atoms with van der Waals surface area (Å²) < 4.78 is 0. The molecule has 0 radical (unpaired) electrons. The van der Waals surface area contributed by atoms with Crippen molar-refractivity contribution in [3.8, 4) is 0 Å². The summed E-state index contributed by atoms with van der Waals surface area (Å²) in [7, 11) is 0. The Balaban J connectivity index is 1.99. The average Bonchev–Trinajstić information content (AvgIpc) is 2.49. The number of hydrogen-bond donors (Lipinski definition) is 1. The first kappa shape index (κ1) is 17.7. The van der Waals surface area contributed by atoms with Crippen LogP contribution in [-0.4, -0.2) is 10.8 Å². The van der Waals surface area contributed by atoms with E-state index in [4.69, 9.17) is 5.73 Å². The molecule has 0 bridgehead atoms. The molecule has 0 atom stereocenters. The summed E-state index contributed by atoms with van der Waals surface area (Å²) in [6, 6.07) is 3.49. The van der Waals surface area contributed by atoms with Gasteiger partial charge in [-0.1, -0.05) is 64.7 Å². The molecule has 3 nitrogen and oxygen atoms in total. The topological polar surface area (TPSA) is 56.0 Å². The first-order chi connectivity index (χ1) is 10.3. The molecule has 2 N–H and O–H groups in total. The van der Waals surface area contributed by atoms with Crippen LogP contribution >= 0.6 is 0 Å². The van der Waals surface area contributed by atoms with Gasteiger partial charge in [0, 0.05) is 12.6 Å². The highest BCUT2D eigenvalue weighted by molar-refractivity contribution is 5.98. The van der Waals surface area contributed by atoms with Gasteiger partial charge in [-0.2, -0.15) is 0 Å². The van der Waals surface area contributed by atoms with Crippen molar-refractivity contribution in [3.63, 3.8) is 0 Å². The van der Waals surface area contributed by atoms with Crippen LogP contribution in [0, 0.1) is 0 Å². The van der Waals surface area contributed by atoms with Gasteiger partial charge < -0.3 is 5.73 Å². The zero-order valence-electron chi connectivity index (χ0n) is 13.4. The number of anilines is 1. The molecule has 1 aromatic heterocycles. The number of hydrogen-bond acceptors (Lipinski definition) is 3. The Bertz CT molecular complexity index is 404. The fourth-order valence-electron chi connectivity index (χ4n) is 2.54. The van der Waals surface area contributed by atoms with E-state index >= 15 is 0 Å². The van der Waals surface area contributed by atoms with Crippen molar-refractivity contribution in [1.82, 2.24) is 4.98 Å². The molecule has 0 fully saturated rings. The van der Waals surface area contributed by atoms with Crippen LogP contribution < -0.4 is 5.73 Å². The first-order valence-electron chi connectivity index (χ1n) is 8.49. The van der Waals surface area contributed by atoms with E-state index in [1.54, 1.807) is 18.3 Å². The number of aromatic nitrogens is 1. The largest absolute Gasteiger partial charge is 0.397 e. The fourth-order valence-corrected chi connectivity index (χ4v) is 2.54. The van der Waals surface area contributed by atoms with Crippen LogP contribution in [0.5, 0.6) is 0 Å². The molecule has 0 aliphatic carbocycles. The van der Waals surface area contributed by atoms with Crippen molar-refractivity contribution in [3.05, 3.63) is 24.0 Å². The minimum absolute atomic E-state index is 0.0765. The van der Waals surface area contributed by atoms with Crippen LogP contribution in [0.15, 0.2) is 18.3 Å². The molecule has 0 saturated carbocycles. The van der Waals surface area contributed by atoms with E-state index in [9.17, 15) is 4.79 Å². The van der Waals surface area contributed by atoms with E-state index in [1.165, 1.54) is 51.4 Å². The van der Waals surface area contributed by atoms with Crippen molar-refractivity contribution < 1.29 is 4.79 Å². The number of nitrogens with two attached hydrogens (primary N) is 1. The molecule has 0 aliphatic heterocycles. The van der Waals surface area contributed by atoms with Crippen molar-refractivity contribution in [2.24, 2.45) is 0 Å². The summed E-state index contributed by atoms with van der Waals surface area (Å²) in [5, 5.41) is 0. The summed E-state index contributed by atoms with van der Waals surface area (Å²) in [4.78, 5) is 16.0. The van der Waals surface area contributed by atoms with E-state index in [-0.39, 0.29) is 5.78 Å². The molecular weight excluding hydrogens is 260 g/mol. The predicted octanol–water partition coefficient (Wildman–Crippen LogP) is 5.16. The smallest absolute Gasteiger partial charge is 0.183 e. The number of nitrogen functional groups attached to an aromatic ring is 1. The van der Waals surface area contributed by atoms with Crippen molar-refractivity contribution in [1.29, 1.82) is 0 Å². The summed E-state index contributed by atoms with van der Waals surface area (Å²) >= 11 is 0. The van der Waals surface area contributed by atoms with Gasteiger partial charge in [0.25, 0.3) is 0 Å². The quantitative estimate of drug-likeness (QED) is 0.427. The van der Waals surface area contributed by atoms with E-state index < -0.39 is 0 Å². The summed E-state index contributed by atoms with van der Waals surface area (Å²) in [6.07, 6.45) is 15.0. The van der Waals surface area contributed by atoms with Crippen molar-refractivity contribution >= 4 is 11.5 Å². The average molecular weight is 290 g/mol. The number of nitrogens with zero attached hydrogens (tertiary/aromatic N) is 1. The normalized spacial score (nSPS) is 10.7. The molecule has 0 saturated heterocycles. The molecule has 0 unspecified atom stereocenters. The molecule has 0 aromatic carbocycles. The standard InChI is InChI=1S/C18H30N2O/c1-2-3-4-5-6-7-8-9-10-11-14-17(21)18-16(19)13-12-15-20-18/h12-13,15H,2-11,14,19H2,1H3. The third-order valence-corrected chi connectivity index (χ3v) is 3.86. The highest BCUT2D eigenvalue weighted by atomic mass is 16.1. The van der Waals surface area contributed by atoms with Crippen LogP contribution in [-0.2, 0) is 0 Å². The van der Waals surface area contributed by atoms with E-state index in [2.05, 4.69) is 11.9 Å². The van der Waals surface area contributed by atoms with Crippen LogP contribution in [0.1, 0.15) is 88.0 Å². The Morgan fingerprint density at radius 2 is 1.57 bits per heavy atom. The maximum absolute atomic E-state index is 12.0. The lowest BCUT2D eigenvalue weighted by Crippen LogP contribution is -2.06. The highest BCUT2D eigenvalue weighted by Gasteiger charge is 2.09. The highest BCUT2D eigenvalue weighted by Crippen LogP contribution is 2.14. The Morgan fingerprint density at radius 1 is 1.00 bits per heavy atom. The third kappa shape index (κ3) is 7.84. The molecule has 1 rings (SSSR count). The van der Waals surface area contributed by atoms with E-state index in [1.807, 2.05) is 0 Å². The summed E-state index contributed by atoms with van der Waals surface area (Å²) in [5.74, 6) is 0.0765. The fraction of sp³-hybridized carbons (Fsp3) is 0.667. The SMILES string of the molecule is CCCCCCCCCCCCC(=O)c1ncccc1N. The van der Waals surface area contributed by atoms with Crippen molar-refractivity contribution in [2.45, 2.75) is 77.6 Å². The molecule has 0 aliphatic rings. The summed E-state index contributed by atoms with van der Waals surface area (Å²) in [5.41, 5.74) is 6.69. The minimum Gasteiger partial charge on any atom is -0.397 e. The van der Waals surface area contributed by atoms with Crippen LogP contribution in [0.4, 0.5) is 5.69 Å². The lowest BCUT2D eigenvalue weighted by atomic mass is 10.0. The van der Waals surface area contributed by atoms with Crippen LogP contribution in [0.3, 0.4) is 0 Å². The van der Waals surface area contributed by atoms with Gasteiger partial charge in [-0.05, 0) is 18.6 Å². The molecule has 0 amide bonds. The second kappa shape index (κ2) is 11.3. The lowest BCUT2D eigenvalue weighted by molar-refractivity contribution is 0.0975. The minimum atomic E-state index is 0.0765. The molecule has 0 spiro atoms. The molecule has 1 aromatic rings. The maximum atomic E-state index is 12.0. The third-order valence-electron chi connectivity index (χ3n) is 3.86. The monoisotopic (exact) mass is 290 g/mol. The van der Waals surface area contributed by atoms with Gasteiger partial charge in [0.2, 0.25) is 0 Å². The van der Waals surface area contributed by atoms with Crippen LogP contribution in [0.2, 0.25) is 0 Å². The van der Waals surface area contributed by atoms with Gasteiger partial charge >= 0.3 is 0 Å². The van der Waals surface area contributed by atoms with Gasteiger partial charge in [0.05, 0.1) is 5.69 Å². The number of unbranched alkanes of at least 4 members (excludes halogenated alkanes) is 9. The van der Waals surface area contributed by atoms with Crippen LogP contribution in [0.25, 0.3) is 0 Å². The second-order valence-electron chi connectivity index (χ2n) is 5.80. The zero-order chi connectivity index (χ0) is 15.3. The number of carbonyl (C=O) groups is 1. The number of pyridine rings is 1. The predicted molar refractivity (Wildman–Crippen MR) is 89.4 cm³/mol. The molecule has 1 heterocycles. The maximum Gasteiger partial charge on any atom is 0.183 e. The number of Topliss-reactive ketones (excluding diaryl/α,β-unsaturated/α-hetero) is 1. The number of ketones is 1. The summed E-state index contributed by atoms with van der Waals surface area (Å²) in [6.45, 7) is 2.25. The van der Waals surface area contributed by atoms with E-state index in [0.717, 1.165) is 12.8 Å². The second-order valence-corrected chi connectivity index (χ2v) is 5.80. The van der Waals surface area contributed by atoms with E-state index in [0.29, 0.717) is 17.8 Å². The Labute approximate surface area is 129 Å². The molecular formula is C18H30N2O. The Morgan fingerprint density at radius 3 is 2.14 bits per heavy atom. The first-order valence-corrected chi connectivity index (χ1v) is 8.49. The van der Waals surface area contributed by atoms with Crippen molar-refractivity contribution in [2.75, 3.05) is 5.73 Å². The Kier molecular flexibility index (Phi) is 9.51. The van der Waals surface area contributed by atoms with Gasteiger partial charge in [-0.15, -0.1) is 0 Å². The molecule has 118 valence electrons. The molecule has 3 heteroatoms. The van der Waals surface area contributed by atoms with Gasteiger partial charge in [0.1, 0.15) is 5.69 Å². The van der Waals surface area contributed by atoms with Gasteiger partial charge in [-0.3, -0.25) is 9.78 Å². The van der Waals surface area contributed by atoms with Gasteiger partial charge in [0.15, 0.2) is 5.78 Å². The Hall–Kier alpha value is -1.38. The number of carbonyl (C=O) groups excluding carboxylic acids is 1. The lowest BCUT2D eigenvalue weighted by Gasteiger charge is -2.04. The number of rotatable bonds is 12. The zero-order valence-corrected chi connectivity index (χ0v) is 13.4. The molecule has 21 heavy (non-hydrogen) atoms. The van der Waals surface area contributed by atoms with Gasteiger partial charge in [-0.25, -0.2) is 0 Å².